The van der Waals surface area contributed by atoms with Gasteiger partial charge in [-0.25, -0.2) is 9.97 Å². The summed E-state index contributed by atoms with van der Waals surface area (Å²) in [7, 11) is 0. The molecule has 0 aliphatic heterocycles. The summed E-state index contributed by atoms with van der Waals surface area (Å²) in [5.74, 6) is 4.26. The molecule has 0 spiro atoms. The number of hydrogen-bond donors (Lipinski definition) is 1. The molecule has 3 unspecified atom stereocenters. The third-order valence-electron chi connectivity index (χ3n) is 4.81. The van der Waals surface area contributed by atoms with Crippen LogP contribution in [0.5, 0.6) is 0 Å². The minimum absolute atomic E-state index is 0.761. The molecule has 0 saturated heterocycles. The molecule has 0 aromatic carbocycles. The van der Waals surface area contributed by atoms with E-state index in [4.69, 9.17) is 0 Å². The van der Waals surface area contributed by atoms with Crippen LogP contribution in [0.2, 0.25) is 0 Å². The fourth-order valence-corrected chi connectivity index (χ4v) is 3.70. The Balaban J connectivity index is 1.53. The second kappa shape index (κ2) is 5.02. The molecule has 3 atom stereocenters. The van der Waals surface area contributed by atoms with Gasteiger partial charge in [0.1, 0.15) is 5.82 Å². The van der Waals surface area contributed by atoms with Gasteiger partial charge in [-0.15, -0.1) is 0 Å². The monoisotopic (exact) mass is 280 g/mol. The summed E-state index contributed by atoms with van der Waals surface area (Å²) in [5, 5.41) is 3.61. The first-order valence-electron chi connectivity index (χ1n) is 7.69. The molecule has 2 heterocycles. The second-order valence-corrected chi connectivity index (χ2v) is 6.14. The van der Waals surface area contributed by atoms with Crippen molar-refractivity contribution in [3.05, 3.63) is 48.7 Å². The number of pyridine rings is 1. The van der Waals surface area contributed by atoms with E-state index in [0.717, 1.165) is 41.6 Å². The molecule has 2 aliphatic carbocycles. The lowest BCUT2D eigenvalue weighted by Gasteiger charge is -2.20. The molecule has 4 rings (SSSR count). The zero-order valence-corrected chi connectivity index (χ0v) is 12.2. The SMILES string of the molecule is Cc1nccn1-c1ncccc1NCC1CC2C=CC1C2. The van der Waals surface area contributed by atoms with Gasteiger partial charge in [0, 0.05) is 25.1 Å². The summed E-state index contributed by atoms with van der Waals surface area (Å²) in [4.78, 5) is 8.81. The zero-order chi connectivity index (χ0) is 14.2. The van der Waals surface area contributed by atoms with Crippen LogP contribution in [0.25, 0.3) is 5.82 Å². The van der Waals surface area contributed by atoms with E-state index in [-0.39, 0.29) is 0 Å². The Morgan fingerprint density at radius 3 is 2.90 bits per heavy atom. The predicted molar refractivity (Wildman–Crippen MR) is 83.4 cm³/mol. The molecule has 2 aromatic heterocycles. The highest BCUT2D eigenvalue weighted by Gasteiger charge is 2.35. The molecule has 108 valence electrons. The maximum Gasteiger partial charge on any atom is 0.161 e. The highest BCUT2D eigenvalue weighted by molar-refractivity contribution is 5.57. The number of anilines is 1. The van der Waals surface area contributed by atoms with Gasteiger partial charge in [-0.1, -0.05) is 12.2 Å². The number of aryl methyl sites for hydroxylation is 1. The van der Waals surface area contributed by atoms with Gasteiger partial charge >= 0.3 is 0 Å². The van der Waals surface area contributed by atoms with Gasteiger partial charge in [0.25, 0.3) is 0 Å². The lowest BCUT2D eigenvalue weighted by atomic mass is 9.93. The third kappa shape index (κ3) is 2.24. The van der Waals surface area contributed by atoms with Crippen LogP contribution in [0.3, 0.4) is 0 Å². The van der Waals surface area contributed by atoms with E-state index >= 15 is 0 Å². The lowest BCUT2D eigenvalue weighted by Crippen LogP contribution is -2.19. The molecule has 1 N–H and O–H groups in total. The van der Waals surface area contributed by atoms with Crippen LogP contribution < -0.4 is 5.32 Å². The molecule has 4 heteroatoms. The maximum absolute atomic E-state index is 4.52. The van der Waals surface area contributed by atoms with E-state index in [9.17, 15) is 0 Å². The molecule has 2 aromatic rings. The minimum Gasteiger partial charge on any atom is -0.382 e. The van der Waals surface area contributed by atoms with Crippen LogP contribution in [-0.4, -0.2) is 21.1 Å². The minimum atomic E-state index is 0.761. The van der Waals surface area contributed by atoms with Crippen molar-refractivity contribution in [2.45, 2.75) is 19.8 Å². The van der Waals surface area contributed by atoms with Gasteiger partial charge in [0.05, 0.1) is 5.69 Å². The fraction of sp³-hybridized carbons (Fsp3) is 0.412. The van der Waals surface area contributed by atoms with Crippen molar-refractivity contribution in [2.75, 3.05) is 11.9 Å². The Kier molecular flexibility index (Phi) is 3.02. The molecule has 1 saturated carbocycles. The number of hydrogen-bond acceptors (Lipinski definition) is 3. The van der Waals surface area contributed by atoms with E-state index in [1.54, 1.807) is 0 Å². The average molecular weight is 280 g/mol. The van der Waals surface area contributed by atoms with Crippen LogP contribution in [0.4, 0.5) is 5.69 Å². The molecule has 2 bridgehead atoms. The summed E-state index contributed by atoms with van der Waals surface area (Å²) >= 11 is 0. The normalized spacial score (nSPS) is 26.4. The van der Waals surface area contributed by atoms with Gasteiger partial charge in [0.2, 0.25) is 0 Å². The smallest absolute Gasteiger partial charge is 0.161 e. The van der Waals surface area contributed by atoms with Gasteiger partial charge in [-0.2, -0.15) is 0 Å². The van der Waals surface area contributed by atoms with Crippen LogP contribution in [0.1, 0.15) is 18.7 Å². The van der Waals surface area contributed by atoms with Crippen LogP contribution in [-0.2, 0) is 0 Å². The first-order valence-corrected chi connectivity index (χ1v) is 7.69. The zero-order valence-electron chi connectivity index (χ0n) is 12.2. The van der Waals surface area contributed by atoms with Crippen LogP contribution in [0, 0.1) is 24.7 Å². The van der Waals surface area contributed by atoms with Gasteiger partial charge in [-0.05, 0) is 49.7 Å². The molecule has 0 radical (unpaired) electrons. The number of nitrogens with one attached hydrogen (secondary N) is 1. The number of aromatic nitrogens is 3. The molecule has 0 amide bonds. The van der Waals surface area contributed by atoms with E-state index < -0.39 is 0 Å². The maximum atomic E-state index is 4.52. The van der Waals surface area contributed by atoms with E-state index in [2.05, 4.69) is 33.5 Å². The fourth-order valence-electron chi connectivity index (χ4n) is 3.70. The highest BCUT2D eigenvalue weighted by Crippen LogP contribution is 2.43. The topological polar surface area (TPSA) is 42.7 Å². The largest absolute Gasteiger partial charge is 0.382 e. The second-order valence-electron chi connectivity index (χ2n) is 6.14. The summed E-state index contributed by atoms with van der Waals surface area (Å²) in [6.07, 6.45) is 13.1. The van der Waals surface area contributed by atoms with Gasteiger partial charge in [-0.3, -0.25) is 4.57 Å². The summed E-state index contributed by atoms with van der Waals surface area (Å²) in [5.41, 5.74) is 1.09. The van der Waals surface area contributed by atoms with Crippen LogP contribution in [0.15, 0.2) is 42.9 Å². The van der Waals surface area contributed by atoms with Crippen molar-refractivity contribution in [1.29, 1.82) is 0 Å². The van der Waals surface area contributed by atoms with Gasteiger partial charge < -0.3 is 5.32 Å². The number of rotatable bonds is 4. The lowest BCUT2D eigenvalue weighted by molar-refractivity contribution is 0.472. The highest BCUT2D eigenvalue weighted by atomic mass is 15.1. The number of allylic oxidation sites excluding steroid dienone is 2. The summed E-state index contributed by atoms with van der Waals surface area (Å²) in [6, 6.07) is 4.09. The van der Waals surface area contributed by atoms with Gasteiger partial charge in [0.15, 0.2) is 5.82 Å². The predicted octanol–water partition coefficient (Wildman–Crippen LogP) is 3.20. The van der Waals surface area contributed by atoms with E-state index in [0.29, 0.717) is 0 Å². The third-order valence-corrected chi connectivity index (χ3v) is 4.81. The van der Waals surface area contributed by atoms with Crippen molar-refractivity contribution >= 4 is 5.69 Å². The molecular formula is C17H20N4. The Morgan fingerprint density at radius 1 is 1.24 bits per heavy atom. The summed E-state index contributed by atoms with van der Waals surface area (Å²) < 4.78 is 2.03. The number of fused-ring (bicyclic) bond motifs is 2. The standard InChI is InChI=1S/C17H20N4/c1-12-18-7-8-21(12)17-16(3-2-6-19-17)20-11-15-10-13-4-5-14(15)9-13/h2-8,13-15,20H,9-11H2,1H3. The molecule has 4 nitrogen and oxygen atoms in total. The van der Waals surface area contributed by atoms with Crippen LogP contribution >= 0.6 is 0 Å². The van der Waals surface area contributed by atoms with E-state index in [1.807, 2.05) is 36.1 Å². The van der Waals surface area contributed by atoms with Crippen molar-refractivity contribution in [1.82, 2.24) is 14.5 Å². The molecule has 1 fully saturated rings. The van der Waals surface area contributed by atoms with Crippen molar-refractivity contribution in [2.24, 2.45) is 17.8 Å². The molecular weight excluding hydrogens is 260 g/mol. The Hall–Kier alpha value is -2.10. The van der Waals surface area contributed by atoms with E-state index in [1.165, 1.54) is 12.8 Å². The Morgan fingerprint density at radius 2 is 2.19 bits per heavy atom. The van der Waals surface area contributed by atoms with Crippen molar-refractivity contribution in [3.63, 3.8) is 0 Å². The Bertz CT molecular complexity index is 673. The quantitative estimate of drug-likeness (QED) is 0.875. The molecule has 2 aliphatic rings. The first-order chi connectivity index (χ1) is 10.3. The van der Waals surface area contributed by atoms with Crippen molar-refractivity contribution in [3.8, 4) is 5.82 Å². The first kappa shape index (κ1) is 12.6. The average Bonchev–Trinajstić information content (AvgIpc) is 3.22. The number of imidazole rings is 1. The summed E-state index contributed by atoms with van der Waals surface area (Å²) in [6.45, 7) is 3.02. The number of nitrogens with zero attached hydrogens (tertiary/aromatic N) is 3. The van der Waals surface area contributed by atoms with Crippen molar-refractivity contribution < 1.29 is 0 Å². The Labute approximate surface area is 124 Å². The molecule has 21 heavy (non-hydrogen) atoms.